The number of carbonyl (C=O) groups excluding carboxylic acids is 1. The maximum absolute atomic E-state index is 12.1. The van der Waals surface area contributed by atoms with Crippen LogP contribution in [0, 0.1) is 19.8 Å². The molecule has 3 nitrogen and oxygen atoms in total. The number of aryl methyl sites for hydroxylation is 2. The molecule has 0 aromatic heterocycles. The molecule has 1 aromatic carbocycles. The zero-order chi connectivity index (χ0) is 14.4. The number of carbonyl (C=O) groups is 1. The molecule has 1 aromatic rings. The lowest BCUT2D eigenvalue weighted by molar-refractivity contribution is -0.125. The van der Waals surface area contributed by atoms with Gasteiger partial charge in [-0.05, 0) is 38.4 Å². The molecule has 0 aliphatic heterocycles. The number of hydrogen-bond donors (Lipinski definition) is 2. The minimum Gasteiger partial charge on any atom is -0.349 e. The molecule has 0 spiro atoms. The van der Waals surface area contributed by atoms with Gasteiger partial charge >= 0.3 is 0 Å². The number of hydrogen-bond acceptors (Lipinski definition) is 2. The monoisotopic (exact) mass is 262 g/mol. The van der Waals surface area contributed by atoms with Crippen LogP contribution >= 0.6 is 0 Å². The molecule has 1 amide bonds. The van der Waals surface area contributed by atoms with Crippen LogP contribution in [-0.2, 0) is 4.79 Å². The topological polar surface area (TPSA) is 41.1 Å². The van der Waals surface area contributed by atoms with Crippen molar-refractivity contribution in [3.8, 4) is 0 Å². The summed E-state index contributed by atoms with van der Waals surface area (Å²) in [6.45, 7) is 11.8. The molecule has 2 atom stereocenters. The van der Waals surface area contributed by atoms with Crippen LogP contribution in [0.5, 0.6) is 0 Å². The van der Waals surface area contributed by atoms with Crippen LogP contribution in [-0.4, -0.2) is 19.0 Å². The fourth-order valence-corrected chi connectivity index (χ4v) is 2.11. The van der Waals surface area contributed by atoms with E-state index in [1.807, 2.05) is 20.8 Å². The van der Waals surface area contributed by atoms with Crippen LogP contribution in [0.2, 0.25) is 0 Å². The van der Waals surface area contributed by atoms with E-state index >= 15 is 0 Å². The fraction of sp³-hybridized carbons (Fsp3) is 0.562. The molecule has 0 aliphatic rings. The van der Waals surface area contributed by atoms with Crippen LogP contribution in [0.4, 0.5) is 0 Å². The van der Waals surface area contributed by atoms with E-state index in [4.69, 9.17) is 0 Å². The highest BCUT2D eigenvalue weighted by molar-refractivity contribution is 5.79. The zero-order valence-corrected chi connectivity index (χ0v) is 12.7. The molecule has 0 heterocycles. The molecule has 0 bridgehead atoms. The number of rotatable bonds is 6. The van der Waals surface area contributed by atoms with Crippen molar-refractivity contribution in [2.24, 2.45) is 5.92 Å². The van der Waals surface area contributed by atoms with E-state index in [0.29, 0.717) is 0 Å². The van der Waals surface area contributed by atoms with E-state index in [9.17, 15) is 4.79 Å². The Kier molecular flexibility index (Phi) is 6.03. The zero-order valence-electron chi connectivity index (χ0n) is 12.7. The summed E-state index contributed by atoms with van der Waals surface area (Å²) in [6, 6.07) is 6.41. The first-order valence-corrected chi connectivity index (χ1v) is 7.04. The highest BCUT2D eigenvalue weighted by Gasteiger charge is 2.16. The van der Waals surface area contributed by atoms with Gasteiger partial charge in [0.2, 0.25) is 5.91 Å². The second-order valence-electron chi connectivity index (χ2n) is 5.30. The lowest BCUT2D eigenvalue weighted by atomic mass is 9.99. The second kappa shape index (κ2) is 7.29. The maximum Gasteiger partial charge on any atom is 0.224 e. The summed E-state index contributed by atoms with van der Waals surface area (Å²) in [4.78, 5) is 12.1. The predicted octanol–water partition coefficient (Wildman–Crippen LogP) is 2.73. The Morgan fingerprint density at radius 2 is 1.95 bits per heavy atom. The van der Waals surface area contributed by atoms with Crippen molar-refractivity contribution < 1.29 is 4.79 Å². The Labute approximate surface area is 116 Å². The van der Waals surface area contributed by atoms with Gasteiger partial charge in [-0.15, -0.1) is 0 Å². The SMILES string of the molecule is CCNCC(C)C(=O)NC(C)c1cc(C)ccc1C. The number of nitrogens with one attached hydrogen (secondary N) is 2. The van der Waals surface area contributed by atoms with E-state index in [1.165, 1.54) is 16.7 Å². The lowest BCUT2D eigenvalue weighted by Crippen LogP contribution is -2.36. The summed E-state index contributed by atoms with van der Waals surface area (Å²) in [5, 5.41) is 6.30. The minimum atomic E-state index is -0.00693. The van der Waals surface area contributed by atoms with Gasteiger partial charge in [-0.2, -0.15) is 0 Å². The van der Waals surface area contributed by atoms with E-state index in [0.717, 1.165) is 13.1 Å². The van der Waals surface area contributed by atoms with Crippen molar-refractivity contribution >= 4 is 5.91 Å². The molecular weight excluding hydrogens is 236 g/mol. The van der Waals surface area contributed by atoms with E-state index in [2.05, 4.69) is 42.7 Å². The molecule has 0 fully saturated rings. The van der Waals surface area contributed by atoms with Gasteiger partial charge in [0.05, 0.1) is 6.04 Å². The average molecular weight is 262 g/mol. The third-order valence-electron chi connectivity index (χ3n) is 3.41. The van der Waals surface area contributed by atoms with Gasteiger partial charge in [-0.3, -0.25) is 4.79 Å². The third kappa shape index (κ3) is 4.67. The van der Waals surface area contributed by atoms with Crippen molar-refractivity contribution in [2.75, 3.05) is 13.1 Å². The first-order chi connectivity index (χ1) is 8.95. The largest absolute Gasteiger partial charge is 0.349 e. The Morgan fingerprint density at radius 3 is 2.58 bits per heavy atom. The van der Waals surface area contributed by atoms with Crippen LogP contribution < -0.4 is 10.6 Å². The molecule has 0 saturated carbocycles. The molecule has 0 saturated heterocycles. The van der Waals surface area contributed by atoms with Crippen molar-refractivity contribution in [1.82, 2.24) is 10.6 Å². The molecule has 3 heteroatoms. The molecule has 2 N–H and O–H groups in total. The normalized spacial score (nSPS) is 13.9. The minimum absolute atomic E-state index is 0.00693. The van der Waals surface area contributed by atoms with Crippen molar-refractivity contribution in [3.63, 3.8) is 0 Å². The van der Waals surface area contributed by atoms with Crippen LogP contribution in [0.15, 0.2) is 18.2 Å². The summed E-state index contributed by atoms with van der Waals surface area (Å²) < 4.78 is 0. The highest BCUT2D eigenvalue weighted by atomic mass is 16.1. The van der Waals surface area contributed by atoms with Crippen molar-refractivity contribution in [3.05, 3.63) is 34.9 Å². The van der Waals surface area contributed by atoms with E-state index in [-0.39, 0.29) is 17.9 Å². The Hall–Kier alpha value is -1.35. The summed E-state index contributed by atoms with van der Waals surface area (Å²) in [7, 11) is 0. The van der Waals surface area contributed by atoms with Gasteiger partial charge in [0.15, 0.2) is 0 Å². The fourth-order valence-electron chi connectivity index (χ4n) is 2.11. The second-order valence-corrected chi connectivity index (χ2v) is 5.30. The molecule has 0 radical (unpaired) electrons. The third-order valence-corrected chi connectivity index (χ3v) is 3.41. The summed E-state index contributed by atoms with van der Waals surface area (Å²) in [5.41, 5.74) is 3.64. The first kappa shape index (κ1) is 15.7. The van der Waals surface area contributed by atoms with Crippen LogP contribution in [0.3, 0.4) is 0 Å². The smallest absolute Gasteiger partial charge is 0.224 e. The van der Waals surface area contributed by atoms with Gasteiger partial charge in [0.1, 0.15) is 0 Å². The molecule has 1 rings (SSSR count). The molecule has 0 aliphatic carbocycles. The highest BCUT2D eigenvalue weighted by Crippen LogP contribution is 2.19. The van der Waals surface area contributed by atoms with Gasteiger partial charge in [-0.1, -0.05) is 37.6 Å². The summed E-state index contributed by atoms with van der Waals surface area (Å²) >= 11 is 0. The van der Waals surface area contributed by atoms with E-state index < -0.39 is 0 Å². The first-order valence-electron chi connectivity index (χ1n) is 7.04. The Morgan fingerprint density at radius 1 is 1.26 bits per heavy atom. The van der Waals surface area contributed by atoms with Gasteiger partial charge in [0, 0.05) is 12.5 Å². The Bertz CT molecular complexity index is 429. The maximum atomic E-state index is 12.1. The summed E-state index contributed by atoms with van der Waals surface area (Å²) in [5.74, 6) is 0.0990. The molecular formula is C16H26N2O. The Balaban J connectivity index is 2.66. The van der Waals surface area contributed by atoms with Crippen LogP contribution in [0.25, 0.3) is 0 Å². The van der Waals surface area contributed by atoms with Gasteiger partial charge < -0.3 is 10.6 Å². The number of benzene rings is 1. The average Bonchev–Trinajstić information content (AvgIpc) is 2.38. The molecule has 106 valence electrons. The number of amides is 1. The van der Waals surface area contributed by atoms with Gasteiger partial charge in [0.25, 0.3) is 0 Å². The standard InChI is InChI=1S/C16H26N2O/c1-6-17-10-13(4)16(19)18-14(5)15-9-11(2)7-8-12(15)3/h7-9,13-14,17H,6,10H2,1-5H3,(H,18,19). The van der Waals surface area contributed by atoms with Crippen molar-refractivity contribution in [2.45, 2.75) is 40.7 Å². The van der Waals surface area contributed by atoms with E-state index in [1.54, 1.807) is 0 Å². The quantitative estimate of drug-likeness (QED) is 0.827. The van der Waals surface area contributed by atoms with Crippen LogP contribution in [0.1, 0.15) is 43.5 Å². The molecule has 2 unspecified atom stereocenters. The summed E-state index contributed by atoms with van der Waals surface area (Å²) in [6.07, 6.45) is 0. The lowest BCUT2D eigenvalue weighted by Gasteiger charge is -2.20. The molecule has 19 heavy (non-hydrogen) atoms. The predicted molar refractivity (Wildman–Crippen MR) is 80.2 cm³/mol. The van der Waals surface area contributed by atoms with Crippen molar-refractivity contribution in [1.29, 1.82) is 0 Å². The van der Waals surface area contributed by atoms with Gasteiger partial charge in [-0.25, -0.2) is 0 Å².